The molecule has 0 atom stereocenters. The molecule has 12 aromatic rings. The molecule has 0 fully saturated rings. The van der Waals surface area contributed by atoms with Gasteiger partial charge in [0.05, 0.1) is 56.4 Å². The first-order valence-corrected chi connectivity index (χ1v) is 20.6. The van der Waals surface area contributed by atoms with E-state index in [0.717, 1.165) is 0 Å². The normalized spacial score (nSPS) is 16.2. The van der Waals surface area contributed by atoms with E-state index in [1.54, 1.807) is 120 Å². The van der Waals surface area contributed by atoms with Gasteiger partial charge in [-0.1, -0.05) is 176 Å². The quantitative estimate of drug-likeness (QED) is 0.122. The van der Waals surface area contributed by atoms with Crippen LogP contribution in [0.15, 0.2) is 222 Å². The second-order valence-corrected chi connectivity index (χ2v) is 17.6. The zero-order chi connectivity index (χ0) is 53.0. The van der Waals surface area contributed by atoms with Crippen molar-refractivity contribution >= 4 is 94.4 Å². The van der Waals surface area contributed by atoms with Gasteiger partial charge < -0.3 is 13.6 Å². The third kappa shape index (κ3) is 4.61. The van der Waals surface area contributed by atoms with Crippen molar-refractivity contribution in [3.63, 3.8) is 0 Å². The lowest BCUT2D eigenvalue weighted by molar-refractivity contribution is 0.666. The second-order valence-electron chi connectivity index (χ2n) is 13.9. The molecule has 0 spiro atoms. The van der Waals surface area contributed by atoms with Crippen LogP contribution in [0.3, 0.4) is 0 Å². The SMILES string of the molecule is [2H]c1c([2H])c([2H])c([Si](c2ccccc2)(c2ccccc2)c2c([2H])c([2H])c([2H])c(-n3c4ccccc4c4cc(-n5c6c([2H])c([2H])c([2H])c([2H])c6c6c([2H])c([2H])c([2H])c([2H])c65)c5oc6ccccc6c5c43)c2[2H])c([2H])c1[2H]. The topological polar surface area (TPSA) is 23.0 Å². The minimum absolute atomic E-state index is 0.0873. The summed E-state index contributed by atoms with van der Waals surface area (Å²) >= 11 is 0. The molecule has 0 amide bonds. The van der Waals surface area contributed by atoms with Gasteiger partial charge in [0.15, 0.2) is 13.7 Å². The minimum atomic E-state index is -4.55. The summed E-state index contributed by atoms with van der Waals surface area (Å²) in [7, 11) is -4.55. The monoisotopic (exact) mass is 773 g/mol. The predicted octanol–water partition coefficient (Wildman–Crippen LogP) is 11.2. The number of furan rings is 1. The molecule has 272 valence electrons. The van der Waals surface area contributed by atoms with Crippen LogP contribution in [0, 0.1) is 0 Å². The van der Waals surface area contributed by atoms with Gasteiger partial charge in [0.1, 0.15) is 5.58 Å². The van der Waals surface area contributed by atoms with E-state index in [1.807, 2.05) is 0 Å². The van der Waals surface area contributed by atoms with Gasteiger partial charge in [-0.2, -0.15) is 0 Å². The Morgan fingerprint density at radius 2 is 1.02 bits per heavy atom. The number of aromatic nitrogens is 2. The Bertz CT molecular complexity index is 4370. The van der Waals surface area contributed by atoms with Crippen LogP contribution < -0.4 is 20.7 Å². The number of nitrogens with zero attached hydrogens (tertiary/aromatic N) is 2. The van der Waals surface area contributed by atoms with E-state index in [-0.39, 0.29) is 49.1 Å². The summed E-state index contributed by atoms with van der Waals surface area (Å²) < 4.78 is 168. The lowest BCUT2D eigenvalue weighted by Crippen LogP contribution is -2.74. The van der Waals surface area contributed by atoms with Gasteiger partial charge in [-0.15, -0.1) is 0 Å². The summed E-state index contributed by atoms with van der Waals surface area (Å²) in [4.78, 5) is 0. The maximum absolute atomic E-state index is 10.6. The molecule has 3 heterocycles. The predicted molar refractivity (Wildman–Crippen MR) is 246 cm³/mol. The Kier molecular flexibility index (Phi) is 4.45. The zero-order valence-corrected chi connectivity index (χ0v) is 31.3. The molecule has 0 aliphatic carbocycles. The Hall–Kier alpha value is -7.40. The van der Waals surface area contributed by atoms with Crippen molar-refractivity contribution in [3.05, 3.63) is 218 Å². The van der Waals surface area contributed by atoms with Gasteiger partial charge in [0.2, 0.25) is 0 Å². The highest BCUT2D eigenvalue weighted by molar-refractivity contribution is 7.19. The van der Waals surface area contributed by atoms with Crippen LogP contribution in [0.5, 0.6) is 0 Å². The fourth-order valence-corrected chi connectivity index (χ4v) is 12.9. The average molecular weight is 774 g/mol. The molecule has 4 heteroatoms. The number of fused-ring (bicyclic) bond motifs is 10. The molecule has 3 aromatic heterocycles. The first-order chi connectivity index (χ1) is 35.9. The molecule has 0 radical (unpaired) electrons. The molecule has 58 heavy (non-hydrogen) atoms. The maximum Gasteiger partial charge on any atom is 0.179 e. The van der Waals surface area contributed by atoms with Crippen LogP contribution in [0.25, 0.3) is 76.9 Å². The van der Waals surface area contributed by atoms with E-state index in [0.29, 0.717) is 48.5 Å². The molecule has 0 aliphatic heterocycles. The highest BCUT2D eigenvalue weighted by Crippen LogP contribution is 2.45. The summed E-state index contributed by atoms with van der Waals surface area (Å²) in [6, 6.07) is 23.5. The van der Waals surface area contributed by atoms with E-state index < -0.39 is 111 Å². The minimum Gasteiger partial charge on any atom is -0.454 e. The molecule has 0 bridgehead atoms. The molecule has 0 unspecified atom stereocenters. The summed E-state index contributed by atoms with van der Waals surface area (Å²) in [5, 5.41) is 2.16. The highest BCUT2D eigenvalue weighted by atomic mass is 28.3. The van der Waals surface area contributed by atoms with Crippen molar-refractivity contribution in [2.75, 3.05) is 0 Å². The number of hydrogen-bond donors (Lipinski definition) is 0. The van der Waals surface area contributed by atoms with E-state index in [9.17, 15) is 11.0 Å². The molecule has 0 saturated carbocycles. The van der Waals surface area contributed by atoms with E-state index in [2.05, 4.69) is 0 Å². The summed E-state index contributed by atoms with van der Waals surface area (Å²) in [5.41, 5.74) is 0.847. The highest BCUT2D eigenvalue weighted by Gasteiger charge is 2.41. The lowest BCUT2D eigenvalue weighted by atomic mass is 10.1. The van der Waals surface area contributed by atoms with Crippen molar-refractivity contribution < 1.29 is 27.7 Å². The van der Waals surface area contributed by atoms with E-state index in [1.165, 1.54) is 4.57 Å². The number of hydrogen-bond acceptors (Lipinski definition) is 1. The smallest absolute Gasteiger partial charge is 0.179 e. The first kappa shape index (κ1) is 20.1. The van der Waals surface area contributed by atoms with Crippen LogP contribution in [-0.4, -0.2) is 17.2 Å². The molecule has 0 N–H and O–H groups in total. The molecule has 0 saturated heterocycles. The Morgan fingerprint density at radius 3 is 1.72 bits per heavy atom. The molecule has 0 aliphatic rings. The third-order valence-electron chi connectivity index (χ3n) is 11.0. The van der Waals surface area contributed by atoms with Gasteiger partial charge in [0, 0.05) is 32.6 Å². The van der Waals surface area contributed by atoms with Crippen LogP contribution in [-0.2, 0) is 0 Å². The molecule has 3 nitrogen and oxygen atoms in total. The van der Waals surface area contributed by atoms with Crippen LogP contribution in [0.1, 0.15) is 23.3 Å². The van der Waals surface area contributed by atoms with Crippen molar-refractivity contribution in [2.45, 2.75) is 0 Å². The molecule has 9 aromatic carbocycles. The molecular formula is C54H36N2OSi. The van der Waals surface area contributed by atoms with Gasteiger partial charge >= 0.3 is 0 Å². The molecular weight excluding hydrogens is 721 g/mol. The maximum atomic E-state index is 10.6. The van der Waals surface area contributed by atoms with Gasteiger partial charge in [-0.05, 0) is 63.1 Å². The lowest BCUT2D eigenvalue weighted by Gasteiger charge is -2.34. The van der Waals surface area contributed by atoms with Gasteiger partial charge in [-0.3, -0.25) is 0 Å². The summed E-state index contributed by atoms with van der Waals surface area (Å²) in [6.45, 7) is 0. The van der Waals surface area contributed by atoms with E-state index in [4.69, 9.17) is 16.8 Å². The number of rotatable bonds is 6. The van der Waals surface area contributed by atoms with Crippen molar-refractivity contribution in [1.82, 2.24) is 9.13 Å². The van der Waals surface area contributed by atoms with Crippen molar-refractivity contribution in [2.24, 2.45) is 0 Å². The number of para-hydroxylation sites is 4. The molecule has 12 rings (SSSR count). The van der Waals surface area contributed by atoms with Gasteiger partial charge in [-0.25, -0.2) is 0 Å². The summed E-state index contributed by atoms with van der Waals surface area (Å²) in [6.07, 6.45) is 0. The number of benzene rings is 9. The van der Waals surface area contributed by atoms with E-state index >= 15 is 0 Å². The van der Waals surface area contributed by atoms with Crippen LogP contribution in [0.4, 0.5) is 0 Å². The van der Waals surface area contributed by atoms with Crippen LogP contribution >= 0.6 is 0 Å². The van der Waals surface area contributed by atoms with Crippen LogP contribution in [0.2, 0.25) is 0 Å². The Morgan fingerprint density at radius 1 is 0.431 bits per heavy atom. The van der Waals surface area contributed by atoms with Crippen molar-refractivity contribution in [1.29, 1.82) is 0 Å². The standard InChI is InChI=1S/C54H36N2OSi/c1-4-20-38(21-5-1)58(39-22-6-2-7-23-39,40-24-8-3-9-25-40)41-26-18-19-37(35-41)55-47-31-14-12-29-44(47)46-36-50(54-52(53(46)55)45-30-13-17-34-51(45)57-54)56-48-32-15-10-27-42(48)43-28-11-16-33-49(43)56/h1-36H/i1D,4D,5D,10D,11D,15D,16D,18D,19D,20D,21D,26D,27D,28D,32D,33D,35D. The van der Waals surface area contributed by atoms with Crippen molar-refractivity contribution in [3.8, 4) is 11.4 Å². The first-order valence-electron chi connectivity index (χ1n) is 27.1. The third-order valence-corrected chi connectivity index (χ3v) is 15.4. The zero-order valence-electron chi connectivity index (χ0n) is 47.3. The summed E-state index contributed by atoms with van der Waals surface area (Å²) in [5.74, 6) is 0. The second kappa shape index (κ2) is 12.8. The Labute approximate surface area is 360 Å². The largest absolute Gasteiger partial charge is 0.454 e. The Balaban J connectivity index is 1.32. The fourth-order valence-electron chi connectivity index (χ4n) is 8.70. The van der Waals surface area contributed by atoms with Gasteiger partial charge in [0.25, 0.3) is 0 Å². The average Bonchev–Trinajstić information content (AvgIpc) is 4.10. The fraction of sp³-hybridized carbons (Fsp3) is 0.